The van der Waals surface area contributed by atoms with E-state index in [2.05, 4.69) is 17.2 Å². The maximum atomic E-state index is 5.66. The van der Waals surface area contributed by atoms with Gasteiger partial charge in [-0.25, -0.2) is 0 Å². The second kappa shape index (κ2) is 6.66. The minimum Gasteiger partial charge on any atom is -0.493 e. The molecule has 2 aromatic rings. The lowest BCUT2D eigenvalue weighted by Gasteiger charge is -2.22. The fourth-order valence-electron chi connectivity index (χ4n) is 2.47. The van der Waals surface area contributed by atoms with E-state index in [0.29, 0.717) is 24.7 Å². The SMILES string of the molecule is COc1cc(CN[C@@H](C)c2ccncc2)cc2c1OCCO2. The van der Waals surface area contributed by atoms with Gasteiger partial charge in [-0.1, -0.05) is 0 Å². The molecular formula is C17H20N2O3. The lowest BCUT2D eigenvalue weighted by molar-refractivity contribution is 0.165. The number of pyridine rings is 1. The minimum absolute atomic E-state index is 0.238. The Labute approximate surface area is 130 Å². The summed E-state index contributed by atoms with van der Waals surface area (Å²) in [6, 6.07) is 8.26. The van der Waals surface area contributed by atoms with Gasteiger partial charge in [-0.2, -0.15) is 0 Å². The molecule has 1 N–H and O–H groups in total. The summed E-state index contributed by atoms with van der Waals surface area (Å²) in [5.74, 6) is 2.16. The predicted octanol–water partition coefficient (Wildman–Crippen LogP) is 2.71. The number of ether oxygens (including phenoxy) is 3. The van der Waals surface area contributed by atoms with Gasteiger partial charge in [-0.15, -0.1) is 0 Å². The van der Waals surface area contributed by atoms with Crippen molar-refractivity contribution in [2.75, 3.05) is 20.3 Å². The van der Waals surface area contributed by atoms with Gasteiger partial charge in [0.05, 0.1) is 7.11 Å². The van der Waals surface area contributed by atoms with E-state index in [4.69, 9.17) is 14.2 Å². The lowest BCUT2D eigenvalue weighted by atomic mass is 10.1. The van der Waals surface area contributed by atoms with Gasteiger partial charge in [-0.3, -0.25) is 4.98 Å². The van der Waals surface area contributed by atoms with Crippen molar-refractivity contribution in [3.63, 3.8) is 0 Å². The third-order valence-electron chi connectivity index (χ3n) is 3.71. The topological polar surface area (TPSA) is 52.6 Å². The van der Waals surface area contributed by atoms with Crippen LogP contribution in [-0.4, -0.2) is 25.3 Å². The number of methoxy groups -OCH3 is 1. The summed E-state index contributed by atoms with van der Waals surface area (Å²) in [6.07, 6.45) is 3.61. The van der Waals surface area contributed by atoms with Crippen molar-refractivity contribution in [1.82, 2.24) is 10.3 Å². The maximum Gasteiger partial charge on any atom is 0.203 e. The van der Waals surface area contributed by atoms with E-state index >= 15 is 0 Å². The van der Waals surface area contributed by atoms with Crippen molar-refractivity contribution >= 4 is 0 Å². The van der Waals surface area contributed by atoms with E-state index in [-0.39, 0.29) is 6.04 Å². The van der Waals surface area contributed by atoms with E-state index in [1.165, 1.54) is 5.56 Å². The molecule has 1 aliphatic heterocycles. The van der Waals surface area contributed by atoms with E-state index < -0.39 is 0 Å². The summed E-state index contributed by atoms with van der Waals surface area (Å²) in [4.78, 5) is 4.04. The number of rotatable bonds is 5. The number of aromatic nitrogens is 1. The predicted molar refractivity (Wildman–Crippen MR) is 83.5 cm³/mol. The standard InChI is InChI=1S/C17H20N2O3/c1-12(14-3-5-18-6-4-14)19-11-13-9-15(20-2)17-16(10-13)21-7-8-22-17/h3-6,9-10,12,19H,7-8,11H2,1-2H3/t12-/m0/s1. The fourth-order valence-corrected chi connectivity index (χ4v) is 2.47. The first-order chi connectivity index (χ1) is 10.8. The second-order valence-corrected chi connectivity index (χ2v) is 5.21. The average Bonchev–Trinajstić information content (AvgIpc) is 2.59. The molecule has 0 radical (unpaired) electrons. The molecule has 1 aliphatic rings. The highest BCUT2D eigenvalue weighted by Gasteiger charge is 2.18. The number of fused-ring (bicyclic) bond motifs is 1. The molecule has 3 rings (SSSR count). The molecule has 2 heterocycles. The van der Waals surface area contributed by atoms with Crippen molar-refractivity contribution in [1.29, 1.82) is 0 Å². The second-order valence-electron chi connectivity index (χ2n) is 5.21. The molecule has 0 spiro atoms. The van der Waals surface area contributed by atoms with Crippen LogP contribution in [0, 0.1) is 0 Å². The summed E-state index contributed by atoms with van der Waals surface area (Å²) in [6.45, 7) is 3.97. The molecule has 0 amide bonds. The van der Waals surface area contributed by atoms with E-state index in [0.717, 1.165) is 17.9 Å². The van der Waals surface area contributed by atoms with Gasteiger partial charge in [0.1, 0.15) is 13.2 Å². The largest absolute Gasteiger partial charge is 0.493 e. The van der Waals surface area contributed by atoms with Crippen molar-refractivity contribution in [2.24, 2.45) is 0 Å². The van der Waals surface area contributed by atoms with Crippen LogP contribution >= 0.6 is 0 Å². The molecule has 1 aromatic heterocycles. The first kappa shape index (κ1) is 14.7. The highest BCUT2D eigenvalue weighted by atomic mass is 16.6. The minimum atomic E-state index is 0.238. The Kier molecular flexibility index (Phi) is 4.44. The highest BCUT2D eigenvalue weighted by molar-refractivity contribution is 5.54. The Morgan fingerprint density at radius 1 is 1.23 bits per heavy atom. The number of benzene rings is 1. The van der Waals surface area contributed by atoms with E-state index in [1.807, 2.05) is 24.3 Å². The Morgan fingerprint density at radius 2 is 2.00 bits per heavy atom. The van der Waals surface area contributed by atoms with Crippen LogP contribution < -0.4 is 19.5 Å². The average molecular weight is 300 g/mol. The maximum absolute atomic E-state index is 5.66. The van der Waals surface area contributed by atoms with Gasteiger partial charge < -0.3 is 19.5 Å². The first-order valence-corrected chi connectivity index (χ1v) is 7.37. The van der Waals surface area contributed by atoms with Crippen LogP contribution in [0.2, 0.25) is 0 Å². The molecule has 0 aliphatic carbocycles. The highest BCUT2D eigenvalue weighted by Crippen LogP contribution is 2.40. The molecule has 1 aromatic carbocycles. The summed E-state index contributed by atoms with van der Waals surface area (Å²) in [5, 5.41) is 3.49. The number of nitrogens with zero attached hydrogens (tertiary/aromatic N) is 1. The summed E-state index contributed by atoms with van der Waals surface area (Å²) < 4.78 is 16.7. The first-order valence-electron chi connectivity index (χ1n) is 7.37. The van der Waals surface area contributed by atoms with Crippen LogP contribution in [0.3, 0.4) is 0 Å². The number of nitrogens with one attached hydrogen (secondary N) is 1. The molecule has 0 saturated carbocycles. The molecule has 22 heavy (non-hydrogen) atoms. The zero-order valence-corrected chi connectivity index (χ0v) is 12.8. The molecule has 5 heteroatoms. The van der Waals surface area contributed by atoms with Gasteiger partial charge in [0, 0.05) is 25.0 Å². The Bertz CT molecular complexity index is 614. The van der Waals surface area contributed by atoms with Gasteiger partial charge in [0.2, 0.25) is 5.75 Å². The van der Waals surface area contributed by atoms with E-state index in [1.54, 1.807) is 19.5 Å². The Balaban J connectivity index is 1.73. The van der Waals surface area contributed by atoms with Crippen molar-refractivity contribution in [3.8, 4) is 17.2 Å². The quantitative estimate of drug-likeness (QED) is 0.920. The lowest BCUT2D eigenvalue weighted by Crippen LogP contribution is -2.19. The number of hydrogen-bond acceptors (Lipinski definition) is 5. The zero-order chi connectivity index (χ0) is 15.4. The smallest absolute Gasteiger partial charge is 0.203 e. The molecule has 0 unspecified atom stereocenters. The zero-order valence-electron chi connectivity index (χ0n) is 12.8. The summed E-state index contributed by atoms with van der Waals surface area (Å²) in [7, 11) is 1.64. The van der Waals surface area contributed by atoms with Gasteiger partial charge >= 0.3 is 0 Å². The molecule has 1 atom stereocenters. The Hall–Kier alpha value is -2.27. The van der Waals surface area contributed by atoms with Gasteiger partial charge in [0.25, 0.3) is 0 Å². The van der Waals surface area contributed by atoms with Crippen LogP contribution in [0.1, 0.15) is 24.1 Å². The third kappa shape index (κ3) is 3.14. The fraction of sp³-hybridized carbons (Fsp3) is 0.353. The summed E-state index contributed by atoms with van der Waals surface area (Å²) in [5.41, 5.74) is 2.31. The molecular weight excluding hydrogens is 280 g/mol. The summed E-state index contributed by atoms with van der Waals surface area (Å²) >= 11 is 0. The molecule has 116 valence electrons. The molecule has 0 bridgehead atoms. The third-order valence-corrected chi connectivity index (χ3v) is 3.71. The Morgan fingerprint density at radius 3 is 2.77 bits per heavy atom. The van der Waals surface area contributed by atoms with Crippen molar-refractivity contribution < 1.29 is 14.2 Å². The van der Waals surface area contributed by atoms with Crippen LogP contribution in [0.5, 0.6) is 17.2 Å². The normalized spacial score (nSPS) is 14.5. The molecule has 0 fully saturated rings. The van der Waals surface area contributed by atoms with Crippen molar-refractivity contribution in [3.05, 3.63) is 47.8 Å². The van der Waals surface area contributed by atoms with Crippen LogP contribution in [0.15, 0.2) is 36.7 Å². The molecule has 5 nitrogen and oxygen atoms in total. The van der Waals surface area contributed by atoms with Crippen LogP contribution in [-0.2, 0) is 6.54 Å². The van der Waals surface area contributed by atoms with Crippen molar-refractivity contribution in [2.45, 2.75) is 19.5 Å². The molecule has 0 saturated heterocycles. The van der Waals surface area contributed by atoms with E-state index in [9.17, 15) is 0 Å². The van der Waals surface area contributed by atoms with Crippen LogP contribution in [0.25, 0.3) is 0 Å². The monoisotopic (exact) mass is 300 g/mol. The number of hydrogen-bond donors (Lipinski definition) is 1. The van der Waals surface area contributed by atoms with Gasteiger partial charge in [0.15, 0.2) is 11.5 Å². The van der Waals surface area contributed by atoms with Gasteiger partial charge in [-0.05, 0) is 42.3 Å². The van der Waals surface area contributed by atoms with Crippen LogP contribution in [0.4, 0.5) is 0 Å².